The Kier molecular flexibility index (Phi) is 4.01. The van der Waals surface area contributed by atoms with Crippen molar-refractivity contribution in [2.75, 3.05) is 0 Å². The number of H-pyrrole nitrogens is 1. The van der Waals surface area contributed by atoms with Gasteiger partial charge in [0, 0.05) is 13.0 Å². The molecule has 2 aromatic carbocycles. The maximum Gasteiger partial charge on any atom is 0.417 e. The Labute approximate surface area is 165 Å². The van der Waals surface area contributed by atoms with Crippen LogP contribution < -0.4 is 0 Å². The van der Waals surface area contributed by atoms with Gasteiger partial charge in [0.05, 0.1) is 22.3 Å². The van der Waals surface area contributed by atoms with Crippen LogP contribution in [-0.2, 0) is 13.2 Å². The highest BCUT2D eigenvalue weighted by atomic mass is 19.4. The fourth-order valence-electron chi connectivity index (χ4n) is 3.90. The van der Waals surface area contributed by atoms with E-state index < -0.39 is 11.7 Å². The minimum Gasteiger partial charge on any atom is -0.337 e. The number of nitrogens with zero attached hydrogens (tertiary/aromatic N) is 3. The molecule has 4 nitrogen and oxygen atoms in total. The molecule has 1 fully saturated rings. The van der Waals surface area contributed by atoms with Gasteiger partial charge >= 0.3 is 6.18 Å². The van der Waals surface area contributed by atoms with Gasteiger partial charge in [0.1, 0.15) is 5.69 Å². The monoisotopic (exact) mass is 396 g/mol. The molecule has 1 aliphatic carbocycles. The first-order valence-corrected chi connectivity index (χ1v) is 9.61. The molecular weight excluding hydrogens is 377 g/mol. The summed E-state index contributed by atoms with van der Waals surface area (Å²) in [4.78, 5) is 7.88. The molecule has 1 saturated carbocycles. The lowest BCUT2D eigenvalue weighted by molar-refractivity contribution is -0.137. The van der Waals surface area contributed by atoms with Crippen molar-refractivity contribution in [3.8, 4) is 22.6 Å². The van der Waals surface area contributed by atoms with Crippen LogP contribution in [0.1, 0.15) is 36.4 Å². The molecule has 0 bridgehead atoms. The largest absolute Gasteiger partial charge is 0.417 e. The lowest BCUT2D eigenvalue weighted by Gasteiger charge is -2.22. The number of imidazole rings is 1. The average Bonchev–Trinajstić information content (AvgIpc) is 3.22. The molecule has 148 valence electrons. The highest BCUT2D eigenvalue weighted by Gasteiger charge is 2.33. The van der Waals surface area contributed by atoms with Crippen molar-refractivity contribution in [2.24, 2.45) is 7.05 Å². The first-order chi connectivity index (χ1) is 13.9. The summed E-state index contributed by atoms with van der Waals surface area (Å²) in [5.41, 5.74) is 3.37. The quantitative estimate of drug-likeness (QED) is 0.467. The third-order valence-corrected chi connectivity index (χ3v) is 5.69. The summed E-state index contributed by atoms with van der Waals surface area (Å²) in [6.45, 7) is 0. The van der Waals surface area contributed by atoms with Crippen molar-refractivity contribution in [1.29, 1.82) is 0 Å². The Bertz CT molecular complexity index is 1200. The fourth-order valence-corrected chi connectivity index (χ4v) is 3.90. The van der Waals surface area contributed by atoms with Crippen molar-refractivity contribution in [3.05, 3.63) is 59.8 Å². The molecule has 0 saturated heterocycles. The maximum absolute atomic E-state index is 13.4. The van der Waals surface area contributed by atoms with Crippen LogP contribution in [0.25, 0.3) is 33.7 Å². The number of aromatic amines is 1. The smallest absolute Gasteiger partial charge is 0.337 e. The van der Waals surface area contributed by atoms with Gasteiger partial charge in [-0.2, -0.15) is 18.3 Å². The van der Waals surface area contributed by atoms with Gasteiger partial charge in [-0.3, -0.25) is 4.68 Å². The zero-order valence-corrected chi connectivity index (χ0v) is 15.8. The summed E-state index contributed by atoms with van der Waals surface area (Å²) in [5.74, 6) is 1.19. The molecule has 0 radical (unpaired) electrons. The first-order valence-electron chi connectivity index (χ1n) is 9.61. The summed E-state index contributed by atoms with van der Waals surface area (Å²) in [7, 11) is 1.88. The van der Waals surface area contributed by atoms with Crippen LogP contribution in [0.5, 0.6) is 0 Å². The van der Waals surface area contributed by atoms with Crippen molar-refractivity contribution >= 4 is 11.0 Å². The molecule has 0 unspecified atom stereocenters. The Morgan fingerprint density at radius 2 is 1.86 bits per heavy atom. The highest BCUT2D eigenvalue weighted by molar-refractivity contribution is 5.85. The van der Waals surface area contributed by atoms with Gasteiger partial charge < -0.3 is 4.98 Å². The van der Waals surface area contributed by atoms with Gasteiger partial charge in [-0.1, -0.05) is 30.7 Å². The SMILES string of the molecule is Cn1nc(C2CCC2)cc1-c1nc2ccc(-c3ccccc3C(F)(F)F)cc2[nH]1. The number of halogens is 3. The van der Waals surface area contributed by atoms with Gasteiger partial charge in [0.25, 0.3) is 0 Å². The zero-order chi connectivity index (χ0) is 20.2. The number of alkyl halides is 3. The zero-order valence-electron chi connectivity index (χ0n) is 15.8. The molecular formula is C22H19F3N4. The summed E-state index contributed by atoms with van der Waals surface area (Å²) in [6.07, 6.45) is -0.835. The van der Waals surface area contributed by atoms with Crippen LogP contribution in [0.2, 0.25) is 0 Å². The van der Waals surface area contributed by atoms with Crippen molar-refractivity contribution in [2.45, 2.75) is 31.4 Å². The number of fused-ring (bicyclic) bond motifs is 1. The third kappa shape index (κ3) is 3.10. The third-order valence-electron chi connectivity index (χ3n) is 5.69. The molecule has 0 atom stereocenters. The van der Waals surface area contributed by atoms with Crippen molar-refractivity contribution in [3.63, 3.8) is 0 Å². The van der Waals surface area contributed by atoms with Crippen LogP contribution in [0.15, 0.2) is 48.5 Å². The van der Waals surface area contributed by atoms with Gasteiger partial charge in [-0.25, -0.2) is 4.98 Å². The predicted molar refractivity (Wildman–Crippen MR) is 105 cm³/mol. The predicted octanol–water partition coefficient (Wildman–Crippen LogP) is 5.92. The Morgan fingerprint density at radius 1 is 1.07 bits per heavy atom. The van der Waals surface area contributed by atoms with E-state index in [0.29, 0.717) is 28.3 Å². The summed E-state index contributed by atoms with van der Waals surface area (Å²) in [5, 5.41) is 4.61. The first kappa shape index (κ1) is 18.0. The minimum atomic E-state index is -4.41. The number of hydrogen-bond donors (Lipinski definition) is 1. The molecule has 0 spiro atoms. The van der Waals surface area contributed by atoms with E-state index in [-0.39, 0.29) is 5.56 Å². The number of benzene rings is 2. The molecule has 1 N–H and O–H groups in total. The van der Waals surface area contributed by atoms with E-state index in [4.69, 9.17) is 0 Å². The van der Waals surface area contributed by atoms with Gasteiger partial charge in [-0.15, -0.1) is 0 Å². The molecule has 7 heteroatoms. The molecule has 0 aliphatic heterocycles. The lowest BCUT2D eigenvalue weighted by atomic mass is 9.83. The topological polar surface area (TPSA) is 46.5 Å². The second kappa shape index (κ2) is 6.47. The summed E-state index contributed by atoms with van der Waals surface area (Å²) >= 11 is 0. The average molecular weight is 396 g/mol. The normalized spacial score (nSPS) is 15.0. The number of nitrogens with one attached hydrogen (secondary N) is 1. The van der Waals surface area contributed by atoms with E-state index in [1.165, 1.54) is 31.4 Å². The number of hydrogen-bond acceptors (Lipinski definition) is 2. The standard InChI is InChI=1S/C22H19F3N4/c1-29-20(12-18(28-29)13-5-4-6-13)21-26-17-10-9-14(11-19(17)27-21)15-7-2-3-8-16(15)22(23,24)25/h2-3,7-13H,4-6H2,1H3,(H,26,27). The maximum atomic E-state index is 13.4. The summed E-state index contributed by atoms with van der Waals surface area (Å²) in [6, 6.07) is 12.8. The van der Waals surface area contributed by atoms with Crippen molar-refractivity contribution in [1.82, 2.24) is 19.7 Å². The Balaban J connectivity index is 1.56. The Morgan fingerprint density at radius 3 is 2.59 bits per heavy atom. The molecule has 2 heterocycles. The fraction of sp³-hybridized carbons (Fsp3) is 0.273. The van der Waals surface area contributed by atoms with Crippen molar-refractivity contribution < 1.29 is 13.2 Å². The van der Waals surface area contributed by atoms with E-state index in [0.717, 1.165) is 17.5 Å². The van der Waals surface area contributed by atoms with E-state index in [1.54, 1.807) is 24.3 Å². The van der Waals surface area contributed by atoms with Crippen LogP contribution in [0, 0.1) is 0 Å². The van der Waals surface area contributed by atoms with Crippen LogP contribution in [0.3, 0.4) is 0 Å². The Hall–Kier alpha value is -3.09. The highest BCUT2D eigenvalue weighted by Crippen LogP contribution is 2.39. The molecule has 5 rings (SSSR count). The van der Waals surface area contributed by atoms with Gasteiger partial charge in [0.2, 0.25) is 0 Å². The molecule has 29 heavy (non-hydrogen) atoms. The molecule has 2 aromatic heterocycles. The summed E-state index contributed by atoms with van der Waals surface area (Å²) < 4.78 is 42.0. The van der Waals surface area contributed by atoms with E-state index in [9.17, 15) is 13.2 Å². The lowest BCUT2D eigenvalue weighted by Crippen LogP contribution is -2.09. The molecule has 1 aliphatic rings. The second-order valence-electron chi connectivity index (χ2n) is 7.57. The molecule has 4 aromatic rings. The molecule has 0 amide bonds. The second-order valence-corrected chi connectivity index (χ2v) is 7.57. The van der Waals surface area contributed by atoms with Crippen LogP contribution in [0.4, 0.5) is 13.2 Å². The van der Waals surface area contributed by atoms with Gasteiger partial charge in [-0.05, 0) is 48.2 Å². The number of rotatable bonds is 3. The minimum absolute atomic E-state index is 0.158. The number of aryl methyl sites for hydroxylation is 1. The van der Waals surface area contributed by atoms with E-state index >= 15 is 0 Å². The van der Waals surface area contributed by atoms with Crippen LogP contribution in [-0.4, -0.2) is 19.7 Å². The van der Waals surface area contributed by atoms with E-state index in [1.807, 2.05) is 11.7 Å². The van der Waals surface area contributed by atoms with Gasteiger partial charge in [0.15, 0.2) is 5.82 Å². The van der Waals surface area contributed by atoms with E-state index in [2.05, 4.69) is 21.1 Å². The number of aromatic nitrogens is 4. The van der Waals surface area contributed by atoms with Crippen LogP contribution >= 0.6 is 0 Å².